The summed E-state index contributed by atoms with van der Waals surface area (Å²) in [5.41, 5.74) is 2.42. The number of benzene rings is 1. The number of nitrogens with one attached hydrogen (secondary N) is 1. The highest BCUT2D eigenvalue weighted by atomic mass is 35.5. The van der Waals surface area contributed by atoms with Crippen LogP contribution in [0.1, 0.15) is 17.1 Å². The van der Waals surface area contributed by atoms with E-state index in [0.29, 0.717) is 0 Å². The number of aromatic nitrogens is 2. The average molecular weight is 235 g/mol. The third-order valence-corrected chi connectivity index (χ3v) is 2.54. The number of aryl methyl sites for hydroxylation is 1. The van der Waals surface area contributed by atoms with Gasteiger partial charge in [0.2, 0.25) is 0 Å². The van der Waals surface area contributed by atoms with Gasteiger partial charge >= 0.3 is 0 Å². The molecule has 0 spiro atoms. The molecule has 0 saturated carbocycles. The van der Waals surface area contributed by atoms with Crippen molar-refractivity contribution in [3.05, 3.63) is 60.2 Å². The minimum absolute atomic E-state index is 0. The van der Waals surface area contributed by atoms with Crippen LogP contribution in [0, 0.1) is 6.92 Å². The molecule has 0 radical (unpaired) electrons. The highest BCUT2D eigenvalue weighted by Crippen LogP contribution is 2.01. The van der Waals surface area contributed by atoms with Gasteiger partial charge in [-0.25, -0.2) is 9.55 Å². The SMILES string of the molecule is C=Cc1c[nH]c(C)[n+]1Cc1ccccc1.[Cl-]. The first kappa shape index (κ1) is 12.5. The Hall–Kier alpha value is -1.54. The minimum Gasteiger partial charge on any atom is -1.00 e. The molecule has 2 nitrogen and oxygen atoms in total. The molecule has 1 aromatic carbocycles. The minimum atomic E-state index is 0. The molecule has 1 aromatic heterocycles. The van der Waals surface area contributed by atoms with Crippen LogP contribution in [-0.4, -0.2) is 4.98 Å². The van der Waals surface area contributed by atoms with Gasteiger partial charge < -0.3 is 12.4 Å². The second-order valence-corrected chi connectivity index (χ2v) is 3.57. The maximum atomic E-state index is 3.81. The van der Waals surface area contributed by atoms with Crippen LogP contribution in [0.5, 0.6) is 0 Å². The molecule has 0 aliphatic rings. The van der Waals surface area contributed by atoms with Gasteiger partial charge in [-0.1, -0.05) is 36.9 Å². The van der Waals surface area contributed by atoms with Gasteiger partial charge in [-0.05, 0) is 11.6 Å². The number of halogens is 1. The van der Waals surface area contributed by atoms with E-state index in [0.717, 1.165) is 18.1 Å². The van der Waals surface area contributed by atoms with Crippen molar-refractivity contribution in [1.29, 1.82) is 0 Å². The summed E-state index contributed by atoms with van der Waals surface area (Å²) in [5.74, 6) is 1.15. The number of aromatic amines is 1. The molecule has 0 amide bonds. The van der Waals surface area contributed by atoms with Crippen LogP contribution < -0.4 is 17.0 Å². The Morgan fingerprint density at radius 2 is 2.00 bits per heavy atom. The summed E-state index contributed by atoms with van der Waals surface area (Å²) in [5, 5.41) is 0. The third kappa shape index (κ3) is 2.52. The Kier molecular flexibility index (Phi) is 4.32. The summed E-state index contributed by atoms with van der Waals surface area (Å²) >= 11 is 0. The Labute approximate surface area is 102 Å². The quantitative estimate of drug-likeness (QED) is 0.679. The van der Waals surface area contributed by atoms with Crippen LogP contribution in [0.3, 0.4) is 0 Å². The van der Waals surface area contributed by atoms with Crippen molar-refractivity contribution in [3.63, 3.8) is 0 Å². The van der Waals surface area contributed by atoms with Crippen LogP contribution in [0.25, 0.3) is 6.08 Å². The maximum Gasteiger partial charge on any atom is 0.251 e. The van der Waals surface area contributed by atoms with Crippen LogP contribution in [0.4, 0.5) is 0 Å². The zero-order chi connectivity index (χ0) is 10.7. The lowest BCUT2D eigenvalue weighted by atomic mass is 10.2. The van der Waals surface area contributed by atoms with Crippen molar-refractivity contribution in [1.82, 2.24) is 4.98 Å². The van der Waals surface area contributed by atoms with Crippen molar-refractivity contribution < 1.29 is 17.0 Å². The van der Waals surface area contributed by atoms with E-state index >= 15 is 0 Å². The standard InChI is InChI=1S/C13H14N2.ClH/c1-3-13-9-14-11(2)15(13)10-12-7-5-4-6-8-12;/h3-9H,1,10H2,2H3;1H. The molecule has 3 heteroatoms. The van der Waals surface area contributed by atoms with E-state index in [1.54, 1.807) is 0 Å². The molecule has 0 fully saturated rings. The van der Waals surface area contributed by atoms with Gasteiger partial charge in [-0.2, -0.15) is 0 Å². The first-order chi connectivity index (χ1) is 7.31. The van der Waals surface area contributed by atoms with E-state index in [9.17, 15) is 0 Å². The summed E-state index contributed by atoms with van der Waals surface area (Å²) in [6.07, 6.45) is 3.84. The Bertz CT molecular complexity index is 460. The molecule has 0 aliphatic heterocycles. The molecular formula is C13H15ClN2. The van der Waals surface area contributed by atoms with E-state index in [2.05, 4.69) is 47.3 Å². The summed E-state index contributed by atoms with van der Waals surface area (Å²) in [6.45, 7) is 6.76. The van der Waals surface area contributed by atoms with Crippen LogP contribution in [0.15, 0.2) is 43.1 Å². The summed E-state index contributed by atoms with van der Waals surface area (Å²) < 4.78 is 2.21. The average Bonchev–Trinajstić information content (AvgIpc) is 2.62. The lowest BCUT2D eigenvalue weighted by molar-refractivity contribution is -0.694. The largest absolute Gasteiger partial charge is 1.00 e. The van der Waals surface area contributed by atoms with Crippen LogP contribution in [0.2, 0.25) is 0 Å². The van der Waals surface area contributed by atoms with Gasteiger partial charge in [0, 0.05) is 6.92 Å². The highest BCUT2D eigenvalue weighted by molar-refractivity contribution is 5.36. The van der Waals surface area contributed by atoms with Crippen molar-refractivity contribution in [2.45, 2.75) is 13.5 Å². The lowest BCUT2D eigenvalue weighted by Crippen LogP contribution is -3.00. The van der Waals surface area contributed by atoms with E-state index in [1.165, 1.54) is 5.56 Å². The number of hydrogen-bond donors (Lipinski definition) is 1. The Balaban J connectivity index is 0.00000128. The molecule has 2 aromatic rings. The predicted molar refractivity (Wildman–Crippen MR) is 61.4 cm³/mol. The second-order valence-electron chi connectivity index (χ2n) is 3.57. The Morgan fingerprint density at radius 1 is 1.31 bits per heavy atom. The molecule has 0 aliphatic carbocycles. The first-order valence-electron chi connectivity index (χ1n) is 5.05. The first-order valence-corrected chi connectivity index (χ1v) is 5.05. The van der Waals surface area contributed by atoms with E-state index in [1.807, 2.05) is 18.3 Å². The van der Waals surface area contributed by atoms with E-state index in [4.69, 9.17) is 0 Å². The number of imidazole rings is 1. The fourth-order valence-electron chi connectivity index (χ4n) is 1.67. The molecule has 16 heavy (non-hydrogen) atoms. The molecule has 0 unspecified atom stereocenters. The van der Waals surface area contributed by atoms with Crippen molar-refractivity contribution in [2.75, 3.05) is 0 Å². The number of rotatable bonds is 3. The normalized spacial score (nSPS) is 9.56. The summed E-state index contributed by atoms with van der Waals surface area (Å²) in [6, 6.07) is 10.4. The monoisotopic (exact) mass is 234 g/mol. The van der Waals surface area contributed by atoms with Gasteiger partial charge in [0.1, 0.15) is 12.7 Å². The highest BCUT2D eigenvalue weighted by Gasteiger charge is 2.11. The topological polar surface area (TPSA) is 19.7 Å². The van der Waals surface area contributed by atoms with Gasteiger partial charge in [0.05, 0.1) is 0 Å². The molecule has 0 bridgehead atoms. The fourth-order valence-corrected chi connectivity index (χ4v) is 1.67. The van der Waals surface area contributed by atoms with Crippen LogP contribution >= 0.6 is 0 Å². The van der Waals surface area contributed by atoms with E-state index in [-0.39, 0.29) is 12.4 Å². The number of nitrogens with zero attached hydrogens (tertiary/aromatic N) is 1. The molecule has 0 atom stereocenters. The number of hydrogen-bond acceptors (Lipinski definition) is 0. The molecule has 0 saturated heterocycles. The fraction of sp³-hybridized carbons (Fsp3) is 0.154. The second kappa shape index (κ2) is 5.52. The zero-order valence-electron chi connectivity index (χ0n) is 9.28. The lowest BCUT2D eigenvalue weighted by Gasteiger charge is -2.00. The van der Waals surface area contributed by atoms with Gasteiger partial charge in [-0.15, -0.1) is 0 Å². The Morgan fingerprint density at radius 3 is 2.62 bits per heavy atom. The van der Waals surface area contributed by atoms with E-state index < -0.39 is 0 Å². The molecule has 2 rings (SSSR count). The summed E-state index contributed by atoms with van der Waals surface area (Å²) in [7, 11) is 0. The summed E-state index contributed by atoms with van der Waals surface area (Å²) in [4.78, 5) is 3.20. The smallest absolute Gasteiger partial charge is 0.251 e. The number of H-pyrrole nitrogens is 1. The van der Waals surface area contributed by atoms with Crippen molar-refractivity contribution in [3.8, 4) is 0 Å². The molecule has 84 valence electrons. The van der Waals surface area contributed by atoms with Crippen molar-refractivity contribution in [2.24, 2.45) is 0 Å². The zero-order valence-corrected chi connectivity index (χ0v) is 10.0. The van der Waals surface area contributed by atoms with Gasteiger partial charge in [-0.3, -0.25) is 0 Å². The van der Waals surface area contributed by atoms with Gasteiger partial charge in [0.25, 0.3) is 5.82 Å². The predicted octanol–water partition coefficient (Wildman–Crippen LogP) is -0.694. The molecular weight excluding hydrogens is 220 g/mol. The maximum absolute atomic E-state index is 3.81. The third-order valence-electron chi connectivity index (χ3n) is 2.54. The van der Waals surface area contributed by atoms with Gasteiger partial charge in [0.15, 0.2) is 5.69 Å². The van der Waals surface area contributed by atoms with Crippen molar-refractivity contribution >= 4 is 6.08 Å². The molecule has 1 N–H and O–H groups in total. The molecule has 1 heterocycles. The van der Waals surface area contributed by atoms with Crippen LogP contribution in [-0.2, 0) is 6.54 Å².